The molecule has 0 N–H and O–H groups in total. The van der Waals surface area contributed by atoms with Crippen molar-refractivity contribution in [3.63, 3.8) is 0 Å². The zero-order valence-electron chi connectivity index (χ0n) is 8.72. The second-order valence-corrected chi connectivity index (χ2v) is 6.34. The first-order valence-corrected chi connectivity index (χ1v) is 6.79. The quantitative estimate of drug-likeness (QED) is 0.624. The average molecular weight is 228 g/mol. The Hall–Kier alpha value is -0.570. The highest BCUT2D eigenvalue weighted by Crippen LogP contribution is 2.31. The summed E-state index contributed by atoms with van der Waals surface area (Å²) < 4.78 is 25.4. The Morgan fingerprint density at radius 2 is 1.80 bits per heavy atom. The van der Waals surface area contributed by atoms with Crippen molar-refractivity contribution in [3.8, 4) is 12.3 Å². The number of terminal acetylenes is 1. The van der Waals surface area contributed by atoms with Crippen molar-refractivity contribution < 1.29 is 8.42 Å². The van der Waals surface area contributed by atoms with Gasteiger partial charge in [0.15, 0.2) is 0 Å². The van der Waals surface area contributed by atoms with Crippen LogP contribution in [0, 0.1) is 12.3 Å². The van der Waals surface area contributed by atoms with E-state index in [0.717, 1.165) is 25.9 Å². The van der Waals surface area contributed by atoms with Crippen LogP contribution in [0.1, 0.15) is 12.8 Å². The Morgan fingerprint density at radius 3 is 2.27 bits per heavy atom. The van der Waals surface area contributed by atoms with E-state index < -0.39 is 10.0 Å². The van der Waals surface area contributed by atoms with Gasteiger partial charge in [-0.25, -0.2) is 8.42 Å². The van der Waals surface area contributed by atoms with Crippen molar-refractivity contribution in [3.05, 3.63) is 0 Å². The van der Waals surface area contributed by atoms with Crippen LogP contribution in [-0.2, 0) is 10.0 Å². The number of sulfonamides is 1. The van der Waals surface area contributed by atoms with Gasteiger partial charge in [-0.15, -0.1) is 6.42 Å². The fourth-order valence-corrected chi connectivity index (χ4v) is 3.67. The fraction of sp³-hybridized carbons (Fsp3) is 0.800. The van der Waals surface area contributed by atoms with E-state index in [-0.39, 0.29) is 5.25 Å². The lowest BCUT2D eigenvalue weighted by molar-refractivity contribution is 0.207. The molecule has 0 radical (unpaired) electrons. The van der Waals surface area contributed by atoms with Gasteiger partial charge in [0, 0.05) is 26.2 Å². The highest BCUT2D eigenvalue weighted by Gasteiger charge is 2.40. The highest BCUT2D eigenvalue weighted by atomic mass is 32.2. The molecule has 0 aromatic carbocycles. The van der Waals surface area contributed by atoms with Crippen LogP contribution in [0.5, 0.6) is 0 Å². The maximum absolute atomic E-state index is 11.9. The predicted molar refractivity (Wildman–Crippen MR) is 58.8 cm³/mol. The standard InChI is InChI=1S/C10H16N2O2S/c1-2-5-11-6-8-12(9-7-11)15(13,14)10-3-4-10/h1,10H,3-9H2. The summed E-state index contributed by atoms with van der Waals surface area (Å²) in [6.07, 6.45) is 6.89. The molecule has 2 aliphatic rings. The molecule has 15 heavy (non-hydrogen) atoms. The molecule has 1 aliphatic heterocycles. The maximum Gasteiger partial charge on any atom is 0.217 e. The van der Waals surface area contributed by atoms with Crippen molar-refractivity contribution in [2.24, 2.45) is 0 Å². The van der Waals surface area contributed by atoms with Crippen LogP contribution >= 0.6 is 0 Å². The Labute approximate surface area is 91.3 Å². The summed E-state index contributed by atoms with van der Waals surface area (Å²) >= 11 is 0. The lowest BCUT2D eigenvalue weighted by atomic mass is 10.4. The van der Waals surface area contributed by atoms with E-state index in [1.165, 1.54) is 0 Å². The normalized spacial score (nSPS) is 25.0. The number of hydrogen-bond donors (Lipinski definition) is 0. The van der Waals surface area contributed by atoms with Crippen molar-refractivity contribution in [2.45, 2.75) is 18.1 Å². The van der Waals surface area contributed by atoms with Gasteiger partial charge in [0.2, 0.25) is 10.0 Å². The molecule has 2 fully saturated rings. The second-order valence-electron chi connectivity index (χ2n) is 4.12. The van der Waals surface area contributed by atoms with Gasteiger partial charge < -0.3 is 0 Å². The maximum atomic E-state index is 11.9. The molecule has 0 spiro atoms. The third-order valence-corrected chi connectivity index (χ3v) is 5.35. The van der Waals surface area contributed by atoms with Crippen LogP contribution in [0.25, 0.3) is 0 Å². The van der Waals surface area contributed by atoms with Crippen LogP contribution in [-0.4, -0.2) is 55.6 Å². The first kappa shape index (κ1) is 10.9. The molecule has 1 heterocycles. The largest absolute Gasteiger partial charge is 0.290 e. The van der Waals surface area contributed by atoms with Crippen LogP contribution in [0.2, 0.25) is 0 Å². The summed E-state index contributed by atoms with van der Waals surface area (Å²) in [7, 11) is -2.97. The Morgan fingerprint density at radius 1 is 1.20 bits per heavy atom. The highest BCUT2D eigenvalue weighted by molar-refractivity contribution is 7.90. The SMILES string of the molecule is C#CCN1CCN(S(=O)(=O)C2CC2)CC1. The topological polar surface area (TPSA) is 40.6 Å². The minimum absolute atomic E-state index is 0.0864. The van der Waals surface area contributed by atoms with Gasteiger partial charge in [0.25, 0.3) is 0 Å². The molecule has 1 saturated heterocycles. The summed E-state index contributed by atoms with van der Waals surface area (Å²) in [6.45, 7) is 3.34. The predicted octanol–water partition coefficient (Wildman–Crippen LogP) is -0.271. The number of nitrogens with zero attached hydrogens (tertiary/aromatic N) is 2. The summed E-state index contributed by atoms with van der Waals surface area (Å²) in [6, 6.07) is 0. The van der Waals surface area contributed by atoms with E-state index in [2.05, 4.69) is 10.8 Å². The number of hydrogen-bond acceptors (Lipinski definition) is 3. The van der Waals surface area contributed by atoms with Gasteiger partial charge in [0.1, 0.15) is 0 Å². The summed E-state index contributed by atoms with van der Waals surface area (Å²) in [5.74, 6) is 2.58. The van der Waals surface area contributed by atoms with Gasteiger partial charge in [-0.2, -0.15) is 4.31 Å². The molecule has 0 unspecified atom stereocenters. The zero-order valence-corrected chi connectivity index (χ0v) is 9.54. The minimum atomic E-state index is -2.97. The number of piperazine rings is 1. The van der Waals surface area contributed by atoms with Crippen LogP contribution in [0.3, 0.4) is 0 Å². The molecule has 0 aromatic heterocycles. The Bertz CT molecular complexity index is 359. The van der Waals surface area contributed by atoms with E-state index in [0.29, 0.717) is 19.6 Å². The first-order chi connectivity index (χ1) is 7.14. The summed E-state index contributed by atoms with van der Waals surface area (Å²) in [4.78, 5) is 2.11. The molecule has 0 bridgehead atoms. The summed E-state index contributed by atoms with van der Waals surface area (Å²) in [5, 5.41) is -0.0864. The Kier molecular flexibility index (Phi) is 3.01. The van der Waals surface area contributed by atoms with E-state index in [9.17, 15) is 8.42 Å². The molecule has 84 valence electrons. The van der Waals surface area contributed by atoms with E-state index >= 15 is 0 Å². The monoisotopic (exact) mass is 228 g/mol. The van der Waals surface area contributed by atoms with Crippen molar-refractivity contribution >= 4 is 10.0 Å². The van der Waals surface area contributed by atoms with Crippen molar-refractivity contribution in [1.29, 1.82) is 0 Å². The number of rotatable bonds is 3. The van der Waals surface area contributed by atoms with Gasteiger partial charge in [0.05, 0.1) is 11.8 Å². The van der Waals surface area contributed by atoms with Crippen LogP contribution in [0.15, 0.2) is 0 Å². The molecular formula is C10H16N2O2S. The fourth-order valence-electron chi connectivity index (χ4n) is 1.85. The van der Waals surface area contributed by atoms with Crippen molar-refractivity contribution in [1.82, 2.24) is 9.21 Å². The van der Waals surface area contributed by atoms with E-state index in [4.69, 9.17) is 6.42 Å². The smallest absolute Gasteiger partial charge is 0.217 e. The molecule has 1 saturated carbocycles. The van der Waals surface area contributed by atoms with Crippen LogP contribution < -0.4 is 0 Å². The van der Waals surface area contributed by atoms with Gasteiger partial charge >= 0.3 is 0 Å². The van der Waals surface area contributed by atoms with Crippen molar-refractivity contribution in [2.75, 3.05) is 32.7 Å². The van der Waals surface area contributed by atoms with Crippen LogP contribution in [0.4, 0.5) is 0 Å². The zero-order chi connectivity index (χ0) is 10.9. The average Bonchev–Trinajstić information content (AvgIpc) is 3.02. The lowest BCUT2D eigenvalue weighted by Crippen LogP contribution is -2.49. The minimum Gasteiger partial charge on any atom is -0.290 e. The van der Waals surface area contributed by atoms with Gasteiger partial charge in [-0.3, -0.25) is 4.90 Å². The summed E-state index contributed by atoms with van der Waals surface area (Å²) in [5.41, 5.74) is 0. The molecule has 0 amide bonds. The molecule has 1 aliphatic carbocycles. The second kappa shape index (κ2) is 4.12. The molecular weight excluding hydrogens is 212 g/mol. The molecule has 0 atom stereocenters. The van der Waals surface area contributed by atoms with Gasteiger partial charge in [-0.1, -0.05) is 5.92 Å². The van der Waals surface area contributed by atoms with E-state index in [1.54, 1.807) is 4.31 Å². The molecule has 0 aromatic rings. The third kappa shape index (κ3) is 2.33. The molecule has 2 rings (SSSR count). The van der Waals surface area contributed by atoms with Gasteiger partial charge in [-0.05, 0) is 12.8 Å². The lowest BCUT2D eigenvalue weighted by Gasteiger charge is -2.32. The molecule has 5 heteroatoms. The Balaban J connectivity index is 1.91. The molecule has 4 nitrogen and oxygen atoms in total. The third-order valence-electron chi connectivity index (χ3n) is 2.95. The van der Waals surface area contributed by atoms with E-state index in [1.807, 2.05) is 0 Å². The first-order valence-electron chi connectivity index (χ1n) is 5.29.